The molecule has 3 aromatic rings. The van der Waals surface area contributed by atoms with Crippen molar-refractivity contribution in [2.24, 2.45) is 0 Å². The molecule has 1 heterocycles. The Bertz CT molecular complexity index is 1010. The number of fused-ring (bicyclic) bond motifs is 1. The minimum absolute atomic E-state index is 0.0810. The van der Waals surface area contributed by atoms with Gasteiger partial charge in [0, 0.05) is 11.6 Å². The van der Waals surface area contributed by atoms with Crippen LogP contribution in [-0.2, 0) is 4.74 Å². The van der Waals surface area contributed by atoms with E-state index in [1.165, 1.54) is 24.3 Å². The summed E-state index contributed by atoms with van der Waals surface area (Å²) in [6.45, 7) is 1.83. The first-order valence-corrected chi connectivity index (χ1v) is 7.55. The summed E-state index contributed by atoms with van der Waals surface area (Å²) in [5, 5.41) is 2.41. The zero-order chi connectivity index (χ0) is 18.0. The molecular weight excluding hydrogens is 330 g/mol. The van der Waals surface area contributed by atoms with Crippen LogP contribution in [0.4, 0.5) is 19.3 Å². The fourth-order valence-corrected chi connectivity index (χ4v) is 2.53. The molecule has 5 nitrogen and oxygen atoms in total. The first-order valence-electron chi connectivity index (χ1n) is 7.55. The highest BCUT2D eigenvalue weighted by molar-refractivity contribution is 5.92. The molecule has 0 radical (unpaired) electrons. The van der Waals surface area contributed by atoms with Gasteiger partial charge in [0.05, 0.1) is 28.9 Å². The Morgan fingerprint density at radius 2 is 2.00 bits per heavy atom. The second kappa shape index (κ2) is 6.72. The molecule has 0 aliphatic heterocycles. The van der Waals surface area contributed by atoms with Crippen LogP contribution < -0.4 is 10.7 Å². The molecule has 0 spiro atoms. The average Bonchev–Trinajstić information content (AvgIpc) is 2.56. The highest BCUT2D eigenvalue weighted by atomic mass is 19.1. The zero-order valence-corrected chi connectivity index (χ0v) is 13.2. The quantitative estimate of drug-likeness (QED) is 0.753. The lowest BCUT2D eigenvalue weighted by atomic mass is 10.1. The molecule has 1 amide bonds. The standard InChI is InChI=1S/C18H14F2N2O3/c1-2-25-18(24)22-13-7-6-10(19)8-11(13)15-9-16(23)17-12(20)4-3-5-14(17)21-15/h3-9H,2H2,1H3,(H,21,23)(H,22,24). The maximum atomic E-state index is 13.8. The number of carbonyl (C=O) groups excluding carboxylic acids is 1. The third kappa shape index (κ3) is 3.35. The van der Waals surface area contributed by atoms with E-state index < -0.39 is 23.2 Å². The van der Waals surface area contributed by atoms with E-state index in [1.54, 1.807) is 13.0 Å². The Labute approximate surface area is 141 Å². The van der Waals surface area contributed by atoms with Gasteiger partial charge in [0.1, 0.15) is 11.6 Å². The van der Waals surface area contributed by atoms with Crippen LogP contribution in [0.3, 0.4) is 0 Å². The number of hydrogen-bond donors (Lipinski definition) is 2. The molecule has 7 heteroatoms. The third-order valence-corrected chi connectivity index (χ3v) is 3.59. The lowest BCUT2D eigenvalue weighted by molar-refractivity contribution is 0.168. The number of hydrogen-bond acceptors (Lipinski definition) is 3. The number of nitrogens with one attached hydrogen (secondary N) is 2. The number of pyridine rings is 1. The van der Waals surface area contributed by atoms with Crippen molar-refractivity contribution >= 4 is 22.7 Å². The summed E-state index contributed by atoms with van der Waals surface area (Å²) in [5.41, 5.74) is 0.471. The molecule has 0 fully saturated rings. The summed E-state index contributed by atoms with van der Waals surface area (Å²) in [6, 6.07) is 9.04. The number of rotatable bonds is 3. The minimum atomic E-state index is -0.704. The minimum Gasteiger partial charge on any atom is -0.450 e. The van der Waals surface area contributed by atoms with Crippen molar-refractivity contribution in [3.63, 3.8) is 0 Å². The van der Waals surface area contributed by atoms with Gasteiger partial charge in [-0.05, 0) is 37.3 Å². The lowest BCUT2D eigenvalue weighted by Crippen LogP contribution is -2.14. The molecule has 25 heavy (non-hydrogen) atoms. The maximum absolute atomic E-state index is 13.8. The Balaban J connectivity index is 2.16. The number of amides is 1. The number of halogens is 2. The third-order valence-electron chi connectivity index (χ3n) is 3.59. The highest BCUT2D eigenvalue weighted by Gasteiger charge is 2.14. The molecule has 0 aliphatic carbocycles. The van der Waals surface area contributed by atoms with Crippen LogP contribution in [0.25, 0.3) is 22.2 Å². The van der Waals surface area contributed by atoms with Crippen LogP contribution in [0, 0.1) is 11.6 Å². The SMILES string of the molecule is CCOC(=O)Nc1ccc(F)cc1-c1cc(=O)c2c(F)cccc2[nH]1. The Kier molecular flexibility index (Phi) is 4.47. The van der Waals surface area contributed by atoms with E-state index in [0.29, 0.717) is 0 Å². The molecule has 128 valence electrons. The summed E-state index contributed by atoms with van der Waals surface area (Å²) in [6.07, 6.45) is -0.704. The summed E-state index contributed by atoms with van der Waals surface area (Å²) in [4.78, 5) is 26.8. The normalized spacial score (nSPS) is 10.7. The average molecular weight is 344 g/mol. The van der Waals surface area contributed by atoms with E-state index in [2.05, 4.69) is 10.3 Å². The molecule has 2 N–H and O–H groups in total. The molecule has 0 unspecified atom stereocenters. The second-order valence-electron chi connectivity index (χ2n) is 5.25. The first-order chi connectivity index (χ1) is 12.0. The van der Waals surface area contributed by atoms with Gasteiger partial charge in [-0.25, -0.2) is 13.6 Å². The second-order valence-corrected chi connectivity index (χ2v) is 5.25. The molecular formula is C18H14F2N2O3. The number of benzene rings is 2. The van der Waals surface area contributed by atoms with Crippen molar-refractivity contribution in [2.75, 3.05) is 11.9 Å². The van der Waals surface area contributed by atoms with E-state index in [1.807, 2.05) is 0 Å². The molecule has 0 saturated carbocycles. The van der Waals surface area contributed by atoms with Crippen molar-refractivity contribution in [2.45, 2.75) is 6.92 Å². The molecule has 3 rings (SSSR count). The van der Waals surface area contributed by atoms with Gasteiger partial charge in [0.2, 0.25) is 0 Å². The predicted octanol–water partition coefficient (Wildman–Crippen LogP) is 4.04. The zero-order valence-electron chi connectivity index (χ0n) is 13.2. The van der Waals surface area contributed by atoms with Crippen molar-refractivity contribution < 1.29 is 18.3 Å². The van der Waals surface area contributed by atoms with Crippen molar-refractivity contribution in [3.05, 3.63) is 64.3 Å². The summed E-state index contributed by atoms with van der Waals surface area (Å²) >= 11 is 0. The van der Waals surface area contributed by atoms with Gasteiger partial charge >= 0.3 is 6.09 Å². The van der Waals surface area contributed by atoms with Gasteiger partial charge in [-0.15, -0.1) is 0 Å². The molecule has 0 aliphatic rings. The number of carbonyl (C=O) groups is 1. The Hall–Kier alpha value is -3.22. The molecule has 2 aromatic carbocycles. The van der Waals surface area contributed by atoms with Crippen LogP contribution >= 0.6 is 0 Å². The van der Waals surface area contributed by atoms with Crippen LogP contribution in [0.15, 0.2) is 47.3 Å². The molecule has 0 bridgehead atoms. The predicted molar refractivity (Wildman–Crippen MR) is 90.6 cm³/mol. The fourth-order valence-electron chi connectivity index (χ4n) is 2.53. The smallest absolute Gasteiger partial charge is 0.411 e. The fraction of sp³-hybridized carbons (Fsp3) is 0.111. The monoisotopic (exact) mass is 344 g/mol. The number of anilines is 1. The number of aromatic amines is 1. The van der Waals surface area contributed by atoms with E-state index in [0.717, 1.165) is 12.1 Å². The van der Waals surface area contributed by atoms with E-state index >= 15 is 0 Å². The van der Waals surface area contributed by atoms with Crippen LogP contribution in [0.1, 0.15) is 6.92 Å². The van der Waals surface area contributed by atoms with E-state index in [9.17, 15) is 18.4 Å². The van der Waals surface area contributed by atoms with Crippen molar-refractivity contribution in [1.82, 2.24) is 4.98 Å². The summed E-state index contributed by atoms with van der Waals surface area (Å²) < 4.78 is 32.3. The first kappa shape index (κ1) is 16.6. The number of ether oxygens (including phenoxy) is 1. The lowest BCUT2D eigenvalue weighted by Gasteiger charge is -2.12. The number of aromatic nitrogens is 1. The topological polar surface area (TPSA) is 71.2 Å². The van der Waals surface area contributed by atoms with Gasteiger partial charge in [-0.2, -0.15) is 0 Å². The van der Waals surface area contributed by atoms with Crippen LogP contribution in [0.5, 0.6) is 0 Å². The van der Waals surface area contributed by atoms with Crippen LogP contribution in [0.2, 0.25) is 0 Å². The Morgan fingerprint density at radius 3 is 2.76 bits per heavy atom. The van der Waals surface area contributed by atoms with Gasteiger partial charge < -0.3 is 9.72 Å². The van der Waals surface area contributed by atoms with E-state index in [4.69, 9.17) is 4.74 Å². The molecule has 1 aromatic heterocycles. The van der Waals surface area contributed by atoms with Gasteiger partial charge in [0.15, 0.2) is 5.43 Å². The van der Waals surface area contributed by atoms with Crippen molar-refractivity contribution in [1.29, 1.82) is 0 Å². The highest BCUT2D eigenvalue weighted by Crippen LogP contribution is 2.28. The van der Waals surface area contributed by atoms with Gasteiger partial charge in [0.25, 0.3) is 0 Å². The van der Waals surface area contributed by atoms with Gasteiger partial charge in [-0.1, -0.05) is 6.07 Å². The number of H-pyrrole nitrogens is 1. The van der Waals surface area contributed by atoms with Crippen molar-refractivity contribution in [3.8, 4) is 11.3 Å². The summed E-state index contributed by atoms with van der Waals surface area (Å²) in [5.74, 6) is -1.20. The largest absolute Gasteiger partial charge is 0.450 e. The molecule has 0 atom stereocenters. The van der Waals surface area contributed by atoms with Gasteiger partial charge in [-0.3, -0.25) is 10.1 Å². The molecule has 0 saturated heterocycles. The van der Waals surface area contributed by atoms with Crippen LogP contribution in [-0.4, -0.2) is 17.7 Å². The summed E-state index contributed by atoms with van der Waals surface area (Å²) in [7, 11) is 0. The van der Waals surface area contributed by atoms with E-state index in [-0.39, 0.29) is 34.5 Å². The Morgan fingerprint density at radius 1 is 1.20 bits per heavy atom. The maximum Gasteiger partial charge on any atom is 0.411 e.